The van der Waals surface area contributed by atoms with Gasteiger partial charge >= 0.3 is 5.97 Å². The summed E-state index contributed by atoms with van der Waals surface area (Å²) in [4.78, 5) is 26.2. The monoisotopic (exact) mass is 408 g/mol. The maximum atomic E-state index is 12.9. The van der Waals surface area contributed by atoms with Crippen molar-refractivity contribution in [1.82, 2.24) is 9.21 Å². The smallest absolute Gasteiger partial charge is 0.338 e. The maximum Gasteiger partial charge on any atom is 0.338 e. The molecule has 0 spiro atoms. The summed E-state index contributed by atoms with van der Waals surface area (Å²) >= 11 is 0. The van der Waals surface area contributed by atoms with Crippen molar-refractivity contribution in [3.63, 3.8) is 0 Å². The molecule has 154 valence electrons. The molecule has 7 nitrogen and oxygen atoms in total. The zero-order valence-corrected chi connectivity index (χ0v) is 17.1. The summed E-state index contributed by atoms with van der Waals surface area (Å²) < 4.78 is 32.2. The highest BCUT2D eigenvalue weighted by atomic mass is 32.2. The van der Waals surface area contributed by atoms with Crippen LogP contribution in [0, 0.1) is 5.92 Å². The molecular weight excluding hydrogens is 380 g/mol. The van der Waals surface area contributed by atoms with Crippen LogP contribution in [0.2, 0.25) is 0 Å². The number of esters is 1. The normalized spacial score (nSPS) is 19.0. The van der Waals surface area contributed by atoms with Crippen molar-refractivity contribution in [2.24, 2.45) is 5.92 Å². The third kappa shape index (κ3) is 4.72. The molecule has 1 aromatic carbocycles. The number of amides is 1. The van der Waals surface area contributed by atoms with E-state index in [0.29, 0.717) is 25.4 Å². The minimum atomic E-state index is -3.72. The van der Waals surface area contributed by atoms with Crippen LogP contribution in [0.15, 0.2) is 29.2 Å². The lowest BCUT2D eigenvalue weighted by Crippen LogP contribution is -2.50. The van der Waals surface area contributed by atoms with E-state index >= 15 is 0 Å². The lowest BCUT2D eigenvalue weighted by Gasteiger charge is -2.34. The van der Waals surface area contributed by atoms with E-state index in [0.717, 1.165) is 12.8 Å². The Kier molecular flexibility index (Phi) is 6.72. The average Bonchev–Trinajstić information content (AvgIpc) is 3.21. The van der Waals surface area contributed by atoms with Crippen molar-refractivity contribution < 1.29 is 22.7 Å². The fourth-order valence-corrected chi connectivity index (χ4v) is 5.38. The second-order valence-corrected chi connectivity index (χ2v) is 9.33. The summed E-state index contributed by atoms with van der Waals surface area (Å²) in [5.74, 6) is 0.0787. The summed E-state index contributed by atoms with van der Waals surface area (Å²) in [5, 5.41) is 0. The molecule has 1 heterocycles. The fraction of sp³-hybridized carbons (Fsp3) is 0.600. The van der Waals surface area contributed by atoms with Gasteiger partial charge in [-0.3, -0.25) is 4.79 Å². The van der Waals surface area contributed by atoms with Crippen LogP contribution >= 0.6 is 0 Å². The van der Waals surface area contributed by atoms with Gasteiger partial charge in [0.05, 0.1) is 17.1 Å². The molecule has 3 rings (SSSR count). The van der Waals surface area contributed by atoms with Crippen LogP contribution in [0.3, 0.4) is 0 Å². The molecule has 1 amide bonds. The lowest BCUT2D eigenvalue weighted by atomic mass is 10.0. The molecule has 1 aliphatic heterocycles. The number of ether oxygens (including phenoxy) is 1. The Balaban J connectivity index is 1.62. The van der Waals surface area contributed by atoms with Gasteiger partial charge in [0.25, 0.3) is 0 Å². The molecule has 1 saturated carbocycles. The molecule has 2 aliphatic rings. The van der Waals surface area contributed by atoms with E-state index in [1.807, 2.05) is 0 Å². The molecule has 0 atom stereocenters. The van der Waals surface area contributed by atoms with Crippen molar-refractivity contribution in [3.05, 3.63) is 29.8 Å². The highest BCUT2D eigenvalue weighted by molar-refractivity contribution is 7.89. The van der Waals surface area contributed by atoms with E-state index < -0.39 is 16.0 Å². The summed E-state index contributed by atoms with van der Waals surface area (Å²) in [6.07, 6.45) is 5.23. The van der Waals surface area contributed by atoms with Crippen LogP contribution in [0.5, 0.6) is 0 Å². The third-order valence-corrected chi connectivity index (χ3v) is 7.41. The van der Waals surface area contributed by atoms with Crippen LogP contribution in [0.1, 0.15) is 49.4 Å². The molecule has 0 unspecified atom stereocenters. The topological polar surface area (TPSA) is 84.0 Å². The molecule has 1 saturated heterocycles. The van der Waals surface area contributed by atoms with Crippen molar-refractivity contribution in [1.29, 1.82) is 0 Å². The zero-order chi connectivity index (χ0) is 20.1. The second-order valence-electron chi connectivity index (χ2n) is 7.39. The highest BCUT2D eigenvalue weighted by Crippen LogP contribution is 2.28. The first-order valence-corrected chi connectivity index (χ1v) is 11.4. The number of hydrogen-bond donors (Lipinski definition) is 0. The van der Waals surface area contributed by atoms with Crippen LogP contribution < -0.4 is 0 Å². The van der Waals surface area contributed by atoms with Gasteiger partial charge in [-0.15, -0.1) is 0 Å². The lowest BCUT2D eigenvalue weighted by molar-refractivity contribution is -0.133. The van der Waals surface area contributed by atoms with Crippen molar-refractivity contribution in [2.75, 3.05) is 32.8 Å². The van der Waals surface area contributed by atoms with E-state index in [4.69, 9.17) is 4.74 Å². The standard InChI is InChI=1S/C20H28N2O5S/c1-2-27-20(24)17-8-5-9-18(15-17)28(25,26)22-12-10-21(11-13-22)19(23)14-16-6-3-4-7-16/h5,8-9,15-16H,2-4,6-7,10-14H2,1H3. The van der Waals surface area contributed by atoms with Crippen LogP contribution in [-0.2, 0) is 19.6 Å². The van der Waals surface area contributed by atoms with E-state index in [2.05, 4.69) is 0 Å². The van der Waals surface area contributed by atoms with Gasteiger partial charge < -0.3 is 9.64 Å². The molecule has 0 bridgehead atoms. The summed E-state index contributed by atoms with van der Waals surface area (Å²) in [7, 11) is -3.72. The third-order valence-electron chi connectivity index (χ3n) is 5.51. The van der Waals surface area contributed by atoms with Crippen molar-refractivity contribution >= 4 is 21.9 Å². The van der Waals surface area contributed by atoms with E-state index in [-0.39, 0.29) is 36.1 Å². The Morgan fingerprint density at radius 1 is 1.11 bits per heavy atom. The maximum absolute atomic E-state index is 12.9. The van der Waals surface area contributed by atoms with Gasteiger partial charge in [-0.05, 0) is 43.9 Å². The van der Waals surface area contributed by atoms with Gasteiger partial charge in [0.15, 0.2) is 0 Å². The van der Waals surface area contributed by atoms with Gasteiger partial charge in [-0.25, -0.2) is 13.2 Å². The second kappa shape index (κ2) is 9.05. The summed E-state index contributed by atoms with van der Waals surface area (Å²) in [6, 6.07) is 5.91. The minimum Gasteiger partial charge on any atom is -0.462 e. The Labute approximate surface area is 166 Å². The minimum absolute atomic E-state index is 0.0729. The predicted octanol–water partition coefficient (Wildman–Crippen LogP) is 2.28. The fourth-order valence-electron chi connectivity index (χ4n) is 3.92. The quantitative estimate of drug-likeness (QED) is 0.674. The van der Waals surface area contributed by atoms with Gasteiger partial charge in [0, 0.05) is 32.6 Å². The molecular formula is C20H28N2O5S. The first kappa shape index (κ1) is 20.8. The molecule has 1 aliphatic carbocycles. The number of sulfonamides is 1. The molecule has 0 aromatic heterocycles. The predicted molar refractivity (Wildman–Crippen MR) is 104 cm³/mol. The zero-order valence-electron chi connectivity index (χ0n) is 16.3. The molecule has 28 heavy (non-hydrogen) atoms. The van der Waals surface area contributed by atoms with Crippen LogP contribution in [0.4, 0.5) is 0 Å². The number of carbonyl (C=O) groups excluding carboxylic acids is 2. The molecule has 2 fully saturated rings. The molecule has 8 heteroatoms. The number of carbonyl (C=O) groups is 2. The Morgan fingerprint density at radius 2 is 1.79 bits per heavy atom. The highest BCUT2D eigenvalue weighted by Gasteiger charge is 2.31. The molecule has 1 aromatic rings. The number of piperazine rings is 1. The largest absolute Gasteiger partial charge is 0.462 e. The van der Waals surface area contributed by atoms with Crippen molar-refractivity contribution in [2.45, 2.75) is 43.9 Å². The number of nitrogens with zero attached hydrogens (tertiary/aromatic N) is 2. The van der Waals surface area contributed by atoms with Gasteiger partial charge in [0.2, 0.25) is 15.9 Å². The van der Waals surface area contributed by atoms with Gasteiger partial charge in [-0.2, -0.15) is 4.31 Å². The number of benzene rings is 1. The summed E-state index contributed by atoms with van der Waals surface area (Å²) in [6.45, 7) is 3.27. The first-order valence-electron chi connectivity index (χ1n) is 9.97. The number of hydrogen-bond acceptors (Lipinski definition) is 5. The van der Waals surface area contributed by atoms with Crippen LogP contribution in [0.25, 0.3) is 0 Å². The molecule has 0 N–H and O–H groups in total. The van der Waals surface area contributed by atoms with E-state index in [1.165, 1.54) is 35.3 Å². The summed E-state index contributed by atoms with van der Waals surface area (Å²) in [5.41, 5.74) is 0.216. The first-order chi connectivity index (χ1) is 13.4. The SMILES string of the molecule is CCOC(=O)c1cccc(S(=O)(=O)N2CCN(C(=O)CC3CCCC3)CC2)c1. The number of rotatable bonds is 6. The Bertz CT molecular complexity index is 810. The Morgan fingerprint density at radius 3 is 2.43 bits per heavy atom. The van der Waals surface area contributed by atoms with Crippen molar-refractivity contribution in [3.8, 4) is 0 Å². The van der Waals surface area contributed by atoms with Gasteiger partial charge in [0.1, 0.15) is 0 Å². The van der Waals surface area contributed by atoms with Crippen LogP contribution in [-0.4, -0.2) is 62.3 Å². The molecule has 0 radical (unpaired) electrons. The van der Waals surface area contributed by atoms with Gasteiger partial charge in [-0.1, -0.05) is 18.9 Å². The van der Waals surface area contributed by atoms with E-state index in [9.17, 15) is 18.0 Å². The Hall–Kier alpha value is -1.93. The van der Waals surface area contributed by atoms with E-state index in [1.54, 1.807) is 17.9 Å². The average molecular weight is 409 g/mol.